The second-order valence-electron chi connectivity index (χ2n) is 13.4. The molecule has 0 atom stereocenters. The van der Waals surface area contributed by atoms with Crippen LogP contribution in [0, 0.1) is 0 Å². The Morgan fingerprint density at radius 3 is 1.74 bits per heavy atom. The fraction of sp³-hybridized carbons (Fsp3) is 0.400. The Labute approximate surface area is 320 Å². The first-order valence-corrected chi connectivity index (χ1v) is 17.2. The smallest absolute Gasteiger partial charge is 0.327 e. The minimum absolute atomic E-state index is 0. The van der Waals surface area contributed by atoms with Gasteiger partial charge in [-0.05, 0) is 26.7 Å². The van der Waals surface area contributed by atoms with E-state index in [2.05, 4.69) is 29.9 Å². The maximum atomic E-state index is 12.9. The molecule has 8 rings (SSSR count). The molecule has 2 aliphatic rings. The molecular weight excluding hydrogens is 795 g/mol. The molecule has 6 aromatic heterocycles. The van der Waals surface area contributed by atoms with Crippen LogP contribution in [0.5, 0.6) is 0 Å². The number of esters is 1. The van der Waals surface area contributed by atoms with E-state index in [4.69, 9.17) is 4.99 Å². The van der Waals surface area contributed by atoms with Gasteiger partial charge < -0.3 is 9.84 Å². The number of nitrogens with zero attached hydrogens (tertiary/aromatic N) is 12. The summed E-state index contributed by atoms with van der Waals surface area (Å²) in [6, 6.07) is 0. The molecule has 0 amide bonds. The quantitative estimate of drug-likeness (QED) is 0.160. The molecule has 53 heavy (non-hydrogen) atoms. The molecule has 0 aliphatic carbocycles. The van der Waals surface area contributed by atoms with Crippen molar-refractivity contribution in [1.82, 2.24) is 47.5 Å². The molecule has 18 heteroatoms. The summed E-state index contributed by atoms with van der Waals surface area (Å²) < 4.78 is 15.0. The first-order valence-electron chi connectivity index (χ1n) is 17.2. The molecule has 8 heterocycles. The SMILES string of the molecule is CCCn1c(=O)c2c(n3ccnc13)N=C(c1cnn(CC(=O)OC)c1)C2.CCCn1c(=O)c2c(n3ccnc13)N=C(c1cnn(CC(C)(C)O)c1)C2.I. The monoisotopic (exact) mass is 836 g/mol. The van der Waals surface area contributed by atoms with Crippen LogP contribution in [0.15, 0.2) is 69.1 Å². The van der Waals surface area contributed by atoms with E-state index >= 15 is 0 Å². The highest BCUT2D eigenvalue weighted by molar-refractivity contribution is 14.0. The van der Waals surface area contributed by atoms with E-state index in [-0.39, 0.29) is 47.6 Å². The number of imidazole rings is 2. The Bertz CT molecular complexity index is 2510. The maximum absolute atomic E-state index is 12.9. The fourth-order valence-electron chi connectivity index (χ4n) is 6.51. The lowest BCUT2D eigenvalue weighted by molar-refractivity contribution is -0.141. The molecule has 0 saturated carbocycles. The van der Waals surface area contributed by atoms with Gasteiger partial charge in [0.2, 0.25) is 11.6 Å². The normalized spacial score (nSPS) is 13.3. The van der Waals surface area contributed by atoms with Gasteiger partial charge in [0.1, 0.15) is 18.2 Å². The lowest BCUT2D eigenvalue weighted by atomic mass is 10.1. The Morgan fingerprint density at radius 1 is 0.811 bits per heavy atom. The summed E-state index contributed by atoms with van der Waals surface area (Å²) in [5.41, 5.74) is 3.61. The summed E-state index contributed by atoms with van der Waals surface area (Å²) >= 11 is 0. The number of carbonyl (C=O) groups is 1. The zero-order chi connectivity index (χ0) is 36.7. The van der Waals surface area contributed by atoms with Crippen LogP contribution in [0.1, 0.15) is 62.8 Å². The van der Waals surface area contributed by atoms with Crippen LogP contribution < -0.4 is 11.1 Å². The molecule has 1 N–H and O–H groups in total. The number of aliphatic hydroxyl groups is 1. The number of fused-ring (bicyclic) bond motifs is 6. The van der Waals surface area contributed by atoms with Gasteiger partial charge in [0.05, 0.1) is 54.2 Å². The number of rotatable bonds is 10. The average molecular weight is 837 g/mol. The molecule has 17 nitrogen and oxygen atoms in total. The van der Waals surface area contributed by atoms with Crippen LogP contribution in [0.3, 0.4) is 0 Å². The predicted octanol–water partition coefficient (Wildman–Crippen LogP) is 3.12. The van der Waals surface area contributed by atoms with Gasteiger partial charge in [-0.2, -0.15) is 10.2 Å². The number of halogens is 1. The minimum atomic E-state index is -0.847. The third-order valence-electron chi connectivity index (χ3n) is 8.79. The third kappa shape index (κ3) is 7.24. The summed E-state index contributed by atoms with van der Waals surface area (Å²) in [4.78, 5) is 55.2. The second-order valence-corrected chi connectivity index (χ2v) is 13.4. The molecule has 2 aliphatic heterocycles. The molecule has 0 saturated heterocycles. The van der Waals surface area contributed by atoms with Crippen molar-refractivity contribution in [3.8, 4) is 0 Å². The number of aryl methyl sites for hydroxylation is 2. The molecule has 0 spiro atoms. The van der Waals surface area contributed by atoms with Gasteiger partial charge in [0.15, 0.2) is 0 Å². The molecular formula is C35H41IN12O5. The van der Waals surface area contributed by atoms with Gasteiger partial charge in [-0.3, -0.25) is 41.7 Å². The van der Waals surface area contributed by atoms with Crippen LogP contribution in [0.4, 0.5) is 11.6 Å². The highest BCUT2D eigenvalue weighted by Gasteiger charge is 2.27. The summed E-state index contributed by atoms with van der Waals surface area (Å²) in [5, 5.41) is 18.4. The fourth-order valence-corrected chi connectivity index (χ4v) is 6.51. The second kappa shape index (κ2) is 15.0. The van der Waals surface area contributed by atoms with Crippen molar-refractivity contribution >= 4 is 64.6 Å². The Kier molecular flexibility index (Phi) is 10.6. The first kappa shape index (κ1) is 37.5. The summed E-state index contributed by atoms with van der Waals surface area (Å²) in [7, 11) is 1.34. The van der Waals surface area contributed by atoms with Crippen molar-refractivity contribution in [2.45, 2.75) is 85.2 Å². The van der Waals surface area contributed by atoms with E-state index in [1.165, 1.54) is 11.8 Å². The number of hydrogen-bond donors (Lipinski definition) is 1. The third-order valence-corrected chi connectivity index (χ3v) is 8.79. The van der Waals surface area contributed by atoms with Crippen LogP contribution in [-0.4, -0.2) is 82.7 Å². The van der Waals surface area contributed by atoms with Crippen molar-refractivity contribution in [2.75, 3.05) is 7.11 Å². The van der Waals surface area contributed by atoms with Crippen molar-refractivity contribution in [2.24, 2.45) is 9.98 Å². The van der Waals surface area contributed by atoms with Gasteiger partial charge in [-0.25, -0.2) is 20.0 Å². The van der Waals surface area contributed by atoms with E-state index in [9.17, 15) is 19.5 Å². The van der Waals surface area contributed by atoms with Gasteiger partial charge in [-0.15, -0.1) is 24.0 Å². The highest BCUT2D eigenvalue weighted by Crippen LogP contribution is 2.29. The Hall–Kier alpha value is -5.24. The largest absolute Gasteiger partial charge is 0.468 e. The topological polar surface area (TPSA) is 185 Å². The van der Waals surface area contributed by atoms with Gasteiger partial charge in [0.25, 0.3) is 11.1 Å². The van der Waals surface area contributed by atoms with Gasteiger partial charge in [-0.1, -0.05) is 13.8 Å². The molecule has 6 aromatic rings. The summed E-state index contributed by atoms with van der Waals surface area (Å²) in [6.45, 7) is 9.21. The van der Waals surface area contributed by atoms with Gasteiger partial charge >= 0.3 is 5.97 Å². The molecule has 0 unspecified atom stereocenters. The van der Waals surface area contributed by atoms with Crippen molar-refractivity contribution in [3.63, 3.8) is 0 Å². The zero-order valence-corrected chi connectivity index (χ0v) is 32.5. The summed E-state index contributed by atoms with van der Waals surface area (Å²) in [5.74, 6) is 2.12. The molecule has 0 aromatic carbocycles. The first-order chi connectivity index (χ1) is 25.0. The van der Waals surface area contributed by atoms with Crippen LogP contribution in [0.2, 0.25) is 0 Å². The highest BCUT2D eigenvalue weighted by atomic mass is 127. The standard InChI is InChI=1S/C18H22N6O2.C17H18N6O3.HI/c1-4-6-24-16(25)13-8-14(21-15(13)23-7-5-19-17(23)24)12-9-20-22(10-12)11-18(2,3)26;1-3-5-23-16(25)12-7-13(20-15(12)22-6-4-18-17(22)23)11-8-19-21(9-11)10-14(24)26-2;/h5,7,9-10,26H,4,6,8,11H2,1-3H3;4,6,8-9H,3,5,7,10H2,1-2H3;1H. The van der Waals surface area contributed by atoms with Crippen molar-refractivity contribution < 1.29 is 14.6 Å². The van der Waals surface area contributed by atoms with Crippen LogP contribution >= 0.6 is 24.0 Å². The number of ether oxygens (including phenoxy) is 1. The van der Waals surface area contributed by atoms with Crippen molar-refractivity contribution in [3.05, 3.63) is 92.5 Å². The molecule has 0 fully saturated rings. The number of carbonyl (C=O) groups excluding carboxylic acids is 1. The average Bonchev–Trinajstić information content (AvgIpc) is 3.94. The zero-order valence-electron chi connectivity index (χ0n) is 30.1. The number of methoxy groups -OCH3 is 1. The molecule has 0 radical (unpaired) electrons. The number of aliphatic imine (C=N–C) groups is 2. The number of aromatic nitrogens is 10. The summed E-state index contributed by atoms with van der Waals surface area (Å²) in [6.07, 6.45) is 16.6. The van der Waals surface area contributed by atoms with Crippen molar-refractivity contribution in [1.29, 1.82) is 0 Å². The molecule has 0 bridgehead atoms. The van der Waals surface area contributed by atoms with E-state index in [1.54, 1.807) is 58.6 Å². The number of hydrogen-bond acceptors (Lipinski definition) is 11. The van der Waals surface area contributed by atoms with E-state index in [0.717, 1.165) is 35.4 Å². The molecule has 278 valence electrons. The van der Waals surface area contributed by atoms with E-state index in [1.807, 2.05) is 41.2 Å². The Balaban J connectivity index is 0.000000178. The minimum Gasteiger partial charge on any atom is -0.468 e. The van der Waals surface area contributed by atoms with E-state index < -0.39 is 5.60 Å². The Morgan fingerprint density at radius 2 is 1.28 bits per heavy atom. The predicted molar refractivity (Wildman–Crippen MR) is 207 cm³/mol. The lowest BCUT2D eigenvalue weighted by Gasteiger charge is -2.16. The van der Waals surface area contributed by atoms with Crippen LogP contribution in [-0.2, 0) is 48.6 Å². The maximum Gasteiger partial charge on any atom is 0.327 e. The van der Waals surface area contributed by atoms with Gasteiger partial charge in [0, 0.05) is 74.2 Å². The van der Waals surface area contributed by atoms with E-state index in [0.29, 0.717) is 66.8 Å². The lowest BCUT2D eigenvalue weighted by Crippen LogP contribution is -2.26. The van der Waals surface area contributed by atoms with Crippen LogP contribution in [0.25, 0.3) is 11.6 Å².